The monoisotopic (exact) mass is 408 g/mol. The van der Waals surface area contributed by atoms with Gasteiger partial charge in [0.15, 0.2) is 12.5 Å². The molecule has 0 bridgehead atoms. The van der Waals surface area contributed by atoms with E-state index in [4.69, 9.17) is 12.2 Å². The molecule has 0 atom stereocenters. The Hall–Kier alpha value is -2.77. The van der Waals surface area contributed by atoms with E-state index in [9.17, 15) is 4.79 Å². The number of benzene rings is 2. The Balaban J connectivity index is 1.33. The fourth-order valence-electron chi connectivity index (χ4n) is 3.74. The lowest BCUT2D eigenvalue weighted by Gasteiger charge is -2.28. The van der Waals surface area contributed by atoms with Gasteiger partial charge in [0.2, 0.25) is 10.7 Å². The normalized spacial score (nSPS) is 19.1. The fraction of sp³-hybridized carbons (Fsp3) is 0.318. The number of nitrogens with zero attached hydrogens (tertiary/aromatic N) is 2. The Labute approximate surface area is 175 Å². The molecule has 2 heterocycles. The fourth-order valence-corrected chi connectivity index (χ4v) is 3.94. The number of aryl methyl sites for hydroxylation is 1. The van der Waals surface area contributed by atoms with Gasteiger partial charge in [-0.15, -0.1) is 0 Å². The Morgan fingerprint density at radius 3 is 2.55 bits per heavy atom. The Bertz CT molecular complexity index is 1020. The van der Waals surface area contributed by atoms with Crippen molar-refractivity contribution in [2.24, 2.45) is 5.92 Å². The van der Waals surface area contributed by atoms with E-state index in [-0.39, 0.29) is 11.8 Å². The molecule has 1 aromatic heterocycles. The van der Waals surface area contributed by atoms with E-state index in [2.05, 4.69) is 46.6 Å². The van der Waals surface area contributed by atoms with Crippen molar-refractivity contribution in [1.82, 2.24) is 14.8 Å². The van der Waals surface area contributed by atoms with Gasteiger partial charge in [-0.25, -0.2) is 4.68 Å². The summed E-state index contributed by atoms with van der Waals surface area (Å²) in [5.74, 6) is 0.985. The molecule has 4 rings (SSSR count). The lowest BCUT2D eigenvalue weighted by molar-refractivity contribution is -0.928. The van der Waals surface area contributed by atoms with Gasteiger partial charge in [-0.05, 0) is 31.3 Å². The van der Waals surface area contributed by atoms with Crippen molar-refractivity contribution in [2.75, 3.05) is 18.4 Å². The van der Waals surface area contributed by atoms with Crippen LogP contribution >= 0.6 is 12.2 Å². The van der Waals surface area contributed by atoms with Crippen LogP contribution in [0.4, 0.5) is 5.69 Å². The maximum atomic E-state index is 12.5. The first-order chi connectivity index (χ1) is 14.1. The van der Waals surface area contributed by atoms with Gasteiger partial charge in [-0.1, -0.05) is 48.0 Å². The summed E-state index contributed by atoms with van der Waals surface area (Å²) in [4.78, 5) is 18.4. The Kier molecular flexibility index (Phi) is 5.87. The van der Waals surface area contributed by atoms with Gasteiger partial charge >= 0.3 is 0 Å². The van der Waals surface area contributed by atoms with Crippen LogP contribution < -0.4 is 10.2 Å². The molecule has 1 fully saturated rings. The summed E-state index contributed by atoms with van der Waals surface area (Å²) < 4.78 is 2.50. The van der Waals surface area contributed by atoms with Crippen molar-refractivity contribution < 1.29 is 9.69 Å². The van der Waals surface area contributed by atoms with E-state index >= 15 is 0 Å². The van der Waals surface area contributed by atoms with Crippen LogP contribution in [0.5, 0.6) is 0 Å². The predicted octanol–water partition coefficient (Wildman–Crippen LogP) is 2.81. The third-order valence-electron chi connectivity index (χ3n) is 5.49. The van der Waals surface area contributed by atoms with E-state index in [1.807, 2.05) is 35.0 Å². The summed E-state index contributed by atoms with van der Waals surface area (Å²) >= 11 is 5.45. The molecule has 1 aliphatic rings. The van der Waals surface area contributed by atoms with Crippen LogP contribution in [-0.2, 0) is 11.5 Å². The number of aromatic nitrogens is 3. The molecule has 7 heteroatoms. The smallest absolute Gasteiger partial charge is 0.227 e. The van der Waals surface area contributed by atoms with Crippen molar-refractivity contribution in [1.29, 1.82) is 0 Å². The Morgan fingerprint density at radius 2 is 1.86 bits per heavy atom. The first-order valence-corrected chi connectivity index (χ1v) is 10.4. The van der Waals surface area contributed by atoms with Crippen molar-refractivity contribution >= 4 is 23.8 Å². The second-order valence-electron chi connectivity index (χ2n) is 7.69. The quantitative estimate of drug-likeness (QED) is 0.569. The van der Waals surface area contributed by atoms with Crippen molar-refractivity contribution in [3.8, 4) is 11.4 Å². The zero-order valence-electron chi connectivity index (χ0n) is 16.5. The maximum Gasteiger partial charge on any atom is 0.227 e. The summed E-state index contributed by atoms with van der Waals surface area (Å²) in [6.07, 6.45) is 1.75. The van der Waals surface area contributed by atoms with Crippen LogP contribution in [0.2, 0.25) is 0 Å². The lowest BCUT2D eigenvalue weighted by atomic mass is 9.96. The van der Waals surface area contributed by atoms with Crippen LogP contribution in [-0.4, -0.2) is 33.8 Å². The van der Waals surface area contributed by atoms with E-state index in [1.165, 1.54) is 10.5 Å². The van der Waals surface area contributed by atoms with Gasteiger partial charge in [0, 0.05) is 30.0 Å². The van der Waals surface area contributed by atoms with Crippen molar-refractivity contribution in [2.45, 2.75) is 26.4 Å². The average molecular weight is 409 g/mol. The molecule has 1 amide bonds. The number of para-hydroxylation sites is 1. The van der Waals surface area contributed by atoms with E-state index in [1.54, 1.807) is 0 Å². The van der Waals surface area contributed by atoms with E-state index < -0.39 is 0 Å². The van der Waals surface area contributed by atoms with Crippen molar-refractivity contribution in [3.63, 3.8) is 0 Å². The van der Waals surface area contributed by atoms with E-state index in [0.29, 0.717) is 4.77 Å². The first-order valence-electron chi connectivity index (χ1n) is 10.0. The van der Waals surface area contributed by atoms with Crippen molar-refractivity contribution in [3.05, 3.63) is 64.9 Å². The zero-order valence-corrected chi connectivity index (χ0v) is 17.3. The number of carbonyl (C=O) groups is 1. The standard InChI is InChI=1S/C22H25N5OS/c1-16-7-9-17(10-8-16)20-24-22(29)27(25-20)15-26-13-11-18(12-14-26)21(28)23-19-5-3-2-4-6-19/h2-10,18H,11-15H2,1H3,(H,23,28)(H,24,25,29)/p+1. The highest BCUT2D eigenvalue weighted by molar-refractivity contribution is 7.71. The molecule has 0 radical (unpaired) electrons. The molecule has 1 aliphatic heterocycles. The first kappa shape index (κ1) is 19.5. The number of amides is 1. The number of aromatic amines is 1. The molecular weight excluding hydrogens is 382 g/mol. The lowest BCUT2D eigenvalue weighted by Crippen LogP contribution is -3.12. The van der Waals surface area contributed by atoms with Crippen LogP contribution in [0.1, 0.15) is 18.4 Å². The molecule has 0 unspecified atom stereocenters. The third kappa shape index (κ3) is 4.81. The number of piperidine rings is 1. The predicted molar refractivity (Wildman–Crippen MR) is 116 cm³/mol. The highest BCUT2D eigenvalue weighted by Gasteiger charge is 2.27. The number of quaternary nitrogens is 1. The molecule has 29 heavy (non-hydrogen) atoms. The Morgan fingerprint density at radius 1 is 1.17 bits per heavy atom. The van der Waals surface area contributed by atoms with Crippen LogP contribution in [0.3, 0.4) is 0 Å². The minimum absolute atomic E-state index is 0.0665. The number of hydrogen-bond donors (Lipinski definition) is 3. The molecule has 1 saturated heterocycles. The highest BCUT2D eigenvalue weighted by atomic mass is 32.1. The number of H-pyrrole nitrogens is 1. The number of nitrogens with one attached hydrogen (secondary N) is 3. The number of carbonyl (C=O) groups excluding carboxylic acids is 1. The van der Waals surface area contributed by atoms with Gasteiger partial charge in [0.1, 0.15) is 0 Å². The number of rotatable bonds is 5. The van der Waals surface area contributed by atoms with E-state index in [0.717, 1.165) is 49.7 Å². The van der Waals surface area contributed by atoms with Gasteiger partial charge in [-0.3, -0.25) is 9.89 Å². The SMILES string of the molecule is Cc1ccc(-c2nc(=S)n(C[NH+]3CCC(C(=O)Nc4ccccc4)CC3)[nH]2)cc1. The number of anilines is 1. The number of hydrogen-bond acceptors (Lipinski definition) is 3. The molecule has 150 valence electrons. The molecular formula is C22H26N5OS+. The van der Waals surface area contributed by atoms with Gasteiger partial charge in [0.25, 0.3) is 0 Å². The van der Waals surface area contributed by atoms with Gasteiger partial charge in [0.05, 0.1) is 13.1 Å². The molecule has 3 N–H and O–H groups in total. The van der Waals surface area contributed by atoms with Gasteiger partial charge < -0.3 is 10.2 Å². The number of likely N-dealkylation sites (tertiary alicyclic amines) is 1. The molecule has 0 aliphatic carbocycles. The largest absolute Gasteiger partial charge is 0.326 e. The molecule has 6 nitrogen and oxygen atoms in total. The zero-order chi connectivity index (χ0) is 20.2. The second-order valence-corrected chi connectivity index (χ2v) is 8.05. The summed E-state index contributed by atoms with van der Waals surface area (Å²) in [6.45, 7) is 4.68. The topological polar surface area (TPSA) is 67.2 Å². The third-order valence-corrected chi connectivity index (χ3v) is 5.80. The summed E-state index contributed by atoms with van der Waals surface area (Å²) in [5, 5.41) is 6.36. The minimum atomic E-state index is 0.0665. The highest BCUT2D eigenvalue weighted by Crippen LogP contribution is 2.16. The summed E-state index contributed by atoms with van der Waals surface area (Å²) in [5.41, 5.74) is 3.11. The maximum absolute atomic E-state index is 12.5. The minimum Gasteiger partial charge on any atom is -0.326 e. The summed E-state index contributed by atoms with van der Waals surface area (Å²) in [6, 6.07) is 17.9. The van der Waals surface area contributed by atoms with Gasteiger partial charge in [-0.2, -0.15) is 4.98 Å². The second kappa shape index (κ2) is 8.71. The van der Waals surface area contributed by atoms with Crippen LogP contribution in [0.25, 0.3) is 11.4 Å². The molecule has 0 saturated carbocycles. The average Bonchev–Trinajstić information content (AvgIpc) is 3.10. The molecule has 2 aromatic carbocycles. The molecule has 3 aromatic rings. The molecule has 0 spiro atoms. The van der Waals surface area contributed by atoms with Crippen LogP contribution in [0, 0.1) is 17.6 Å². The van der Waals surface area contributed by atoms with Crippen LogP contribution in [0.15, 0.2) is 54.6 Å². The summed E-state index contributed by atoms with van der Waals surface area (Å²) in [7, 11) is 0.